The number of rotatable bonds is 1. The molecular formula is C8H13NO2S. The number of carboxylic acids is 1. The third-order valence-corrected chi connectivity index (χ3v) is 4.22. The number of hydrogen-bond acceptors (Lipinski definition) is 3. The van der Waals surface area contributed by atoms with E-state index in [-0.39, 0.29) is 6.04 Å². The molecular weight excluding hydrogens is 174 g/mol. The second-order valence-corrected chi connectivity index (χ2v) is 4.84. The molecule has 2 rings (SSSR count). The quantitative estimate of drug-likeness (QED) is 0.629. The van der Waals surface area contributed by atoms with Crippen LogP contribution in [0.15, 0.2) is 0 Å². The van der Waals surface area contributed by atoms with Crippen molar-refractivity contribution in [2.75, 3.05) is 12.3 Å². The van der Waals surface area contributed by atoms with Crippen molar-refractivity contribution in [3.63, 3.8) is 0 Å². The Kier molecular flexibility index (Phi) is 2.28. The molecule has 0 aromatic carbocycles. The van der Waals surface area contributed by atoms with Gasteiger partial charge in [0.25, 0.3) is 0 Å². The molecule has 2 saturated heterocycles. The van der Waals surface area contributed by atoms with Crippen molar-refractivity contribution in [1.82, 2.24) is 5.32 Å². The Hall–Kier alpha value is -0.220. The van der Waals surface area contributed by atoms with Crippen LogP contribution in [0, 0.1) is 5.92 Å². The highest BCUT2D eigenvalue weighted by Gasteiger charge is 2.36. The lowest BCUT2D eigenvalue weighted by molar-refractivity contribution is -0.140. The maximum atomic E-state index is 10.7. The molecule has 2 aliphatic heterocycles. The van der Waals surface area contributed by atoms with E-state index in [1.54, 1.807) is 0 Å². The molecule has 0 bridgehead atoms. The first kappa shape index (κ1) is 8.38. The molecule has 0 unspecified atom stereocenters. The lowest BCUT2D eigenvalue weighted by Crippen LogP contribution is -2.47. The van der Waals surface area contributed by atoms with Crippen LogP contribution in [0.1, 0.15) is 12.8 Å². The molecule has 0 aliphatic carbocycles. The van der Waals surface area contributed by atoms with Crippen LogP contribution in [-0.2, 0) is 4.79 Å². The largest absolute Gasteiger partial charge is 0.480 e. The van der Waals surface area contributed by atoms with Crippen LogP contribution >= 0.6 is 11.8 Å². The molecule has 2 aliphatic rings. The molecule has 3 atom stereocenters. The van der Waals surface area contributed by atoms with Crippen LogP contribution in [0.25, 0.3) is 0 Å². The van der Waals surface area contributed by atoms with Gasteiger partial charge in [0.05, 0.1) is 0 Å². The molecule has 2 fully saturated rings. The van der Waals surface area contributed by atoms with E-state index in [1.807, 2.05) is 11.8 Å². The number of aliphatic carboxylic acids is 1. The van der Waals surface area contributed by atoms with Crippen molar-refractivity contribution in [3.8, 4) is 0 Å². The van der Waals surface area contributed by atoms with Crippen LogP contribution in [-0.4, -0.2) is 34.7 Å². The fraction of sp³-hybridized carbons (Fsp3) is 0.875. The van der Waals surface area contributed by atoms with Gasteiger partial charge in [-0.05, 0) is 31.1 Å². The third-order valence-electron chi connectivity index (χ3n) is 2.74. The lowest BCUT2D eigenvalue weighted by Gasteiger charge is -2.29. The summed E-state index contributed by atoms with van der Waals surface area (Å²) in [5.41, 5.74) is 0. The topological polar surface area (TPSA) is 49.3 Å². The van der Waals surface area contributed by atoms with E-state index in [2.05, 4.69) is 5.32 Å². The van der Waals surface area contributed by atoms with Gasteiger partial charge in [-0.2, -0.15) is 11.8 Å². The van der Waals surface area contributed by atoms with E-state index in [9.17, 15) is 4.79 Å². The number of piperidine rings is 1. The van der Waals surface area contributed by atoms with Gasteiger partial charge < -0.3 is 10.4 Å². The summed E-state index contributed by atoms with van der Waals surface area (Å²) in [5.74, 6) is 1.25. The first-order chi connectivity index (χ1) is 5.77. The van der Waals surface area contributed by atoms with Gasteiger partial charge in [-0.25, -0.2) is 0 Å². The zero-order valence-electron chi connectivity index (χ0n) is 6.82. The second-order valence-electron chi connectivity index (χ2n) is 3.49. The molecule has 0 aromatic rings. The minimum Gasteiger partial charge on any atom is -0.480 e. The summed E-state index contributed by atoms with van der Waals surface area (Å²) < 4.78 is 0. The maximum absolute atomic E-state index is 10.7. The van der Waals surface area contributed by atoms with Crippen LogP contribution in [0.2, 0.25) is 0 Å². The first-order valence-corrected chi connectivity index (χ1v) is 5.40. The van der Waals surface area contributed by atoms with E-state index in [4.69, 9.17) is 5.11 Å². The van der Waals surface area contributed by atoms with E-state index < -0.39 is 5.97 Å². The minimum absolute atomic E-state index is 0.295. The molecule has 3 nitrogen and oxygen atoms in total. The molecule has 0 amide bonds. The highest BCUT2D eigenvalue weighted by atomic mass is 32.2. The summed E-state index contributed by atoms with van der Waals surface area (Å²) in [6, 6.07) is -0.295. The Labute approximate surface area is 75.9 Å². The van der Waals surface area contributed by atoms with Gasteiger partial charge in [-0.1, -0.05) is 0 Å². The molecule has 2 heterocycles. The smallest absolute Gasteiger partial charge is 0.320 e. The summed E-state index contributed by atoms with van der Waals surface area (Å²) in [4.78, 5) is 10.7. The van der Waals surface area contributed by atoms with Gasteiger partial charge in [-0.3, -0.25) is 4.79 Å². The summed E-state index contributed by atoms with van der Waals surface area (Å²) in [6.45, 7) is 0.897. The van der Waals surface area contributed by atoms with Crippen molar-refractivity contribution in [2.45, 2.75) is 24.1 Å². The summed E-state index contributed by atoms with van der Waals surface area (Å²) >= 11 is 1.94. The zero-order valence-corrected chi connectivity index (χ0v) is 7.64. The molecule has 0 aromatic heterocycles. The summed E-state index contributed by atoms with van der Waals surface area (Å²) in [7, 11) is 0. The highest BCUT2D eigenvalue weighted by Crippen LogP contribution is 2.37. The Balaban J connectivity index is 1.96. The van der Waals surface area contributed by atoms with Crippen molar-refractivity contribution in [3.05, 3.63) is 0 Å². The van der Waals surface area contributed by atoms with Crippen LogP contribution in [0.5, 0.6) is 0 Å². The molecule has 12 heavy (non-hydrogen) atoms. The molecule has 0 radical (unpaired) electrons. The normalized spacial score (nSPS) is 40.8. The lowest BCUT2D eigenvalue weighted by atomic mass is 9.92. The average molecular weight is 187 g/mol. The van der Waals surface area contributed by atoms with Crippen molar-refractivity contribution >= 4 is 17.7 Å². The number of thioether (sulfide) groups is 1. The highest BCUT2D eigenvalue weighted by molar-refractivity contribution is 8.00. The predicted octanol–water partition coefficient (Wildman–Crippen LogP) is 0.555. The third kappa shape index (κ3) is 1.45. The predicted molar refractivity (Wildman–Crippen MR) is 48.4 cm³/mol. The summed E-state index contributed by atoms with van der Waals surface area (Å²) in [6.07, 6.45) is 2.07. The van der Waals surface area contributed by atoms with Gasteiger partial charge in [0, 0.05) is 5.25 Å². The Morgan fingerprint density at radius 1 is 1.58 bits per heavy atom. The Morgan fingerprint density at radius 2 is 2.42 bits per heavy atom. The van der Waals surface area contributed by atoms with Gasteiger partial charge in [0.1, 0.15) is 6.04 Å². The molecule has 0 saturated carbocycles. The Bertz CT molecular complexity index is 197. The van der Waals surface area contributed by atoms with E-state index in [0.717, 1.165) is 18.9 Å². The van der Waals surface area contributed by atoms with E-state index in [0.29, 0.717) is 5.25 Å². The first-order valence-electron chi connectivity index (χ1n) is 4.35. The Morgan fingerprint density at radius 3 is 3.17 bits per heavy atom. The molecule has 68 valence electrons. The number of carbonyl (C=O) groups is 1. The van der Waals surface area contributed by atoms with E-state index in [1.165, 1.54) is 12.2 Å². The molecule has 4 heteroatoms. The number of fused-ring (bicyclic) bond motifs is 1. The number of hydrogen-bond donors (Lipinski definition) is 2. The number of nitrogens with one attached hydrogen (secondary N) is 1. The van der Waals surface area contributed by atoms with Crippen molar-refractivity contribution in [1.29, 1.82) is 0 Å². The molecule has 0 spiro atoms. The second kappa shape index (κ2) is 3.26. The fourth-order valence-electron chi connectivity index (χ4n) is 1.98. The van der Waals surface area contributed by atoms with Crippen molar-refractivity contribution < 1.29 is 9.90 Å². The van der Waals surface area contributed by atoms with Crippen LogP contribution in [0.4, 0.5) is 0 Å². The average Bonchev–Trinajstić information content (AvgIpc) is 2.49. The standard InChI is InChI=1S/C8H13NO2S/c10-8(11)6-3-7-5(4-9-6)1-2-12-7/h5-7,9H,1-4H2,(H,10,11)/t5-,6+,7+/m1/s1. The monoisotopic (exact) mass is 187 g/mol. The van der Waals surface area contributed by atoms with Gasteiger partial charge in [-0.15, -0.1) is 0 Å². The molecule has 2 N–H and O–H groups in total. The zero-order chi connectivity index (χ0) is 8.55. The van der Waals surface area contributed by atoms with Gasteiger partial charge >= 0.3 is 5.97 Å². The van der Waals surface area contributed by atoms with Crippen molar-refractivity contribution in [2.24, 2.45) is 5.92 Å². The van der Waals surface area contributed by atoms with Crippen LogP contribution in [0.3, 0.4) is 0 Å². The van der Waals surface area contributed by atoms with E-state index >= 15 is 0 Å². The SMILES string of the molecule is O=C(O)[C@@H]1C[C@@H]2SCC[C@@H]2CN1. The summed E-state index contributed by atoms with van der Waals surface area (Å²) in [5, 5.41) is 12.5. The van der Waals surface area contributed by atoms with Crippen LogP contribution < -0.4 is 5.32 Å². The van der Waals surface area contributed by atoms with Gasteiger partial charge in [0.2, 0.25) is 0 Å². The minimum atomic E-state index is -0.694. The maximum Gasteiger partial charge on any atom is 0.320 e. The van der Waals surface area contributed by atoms with Gasteiger partial charge in [0.15, 0.2) is 0 Å². The fourth-order valence-corrected chi connectivity index (χ4v) is 3.56. The number of carboxylic acid groups (broad SMARTS) is 1.